The van der Waals surface area contributed by atoms with Crippen LogP contribution in [0.1, 0.15) is 66.2 Å². The molecule has 4 rings (SSSR count). The minimum Gasteiger partial charge on any atom is -0.493 e. The minimum absolute atomic E-state index is 0.0810. The van der Waals surface area contributed by atoms with Gasteiger partial charge in [-0.1, -0.05) is 24.8 Å². The van der Waals surface area contributed by atoms with Crippen molar-refractivity contribution in [3.05, 3.63) is 74.0 Å². The molecule has 1 aromatic heterocycles. The van der Waals surface area contributed by atoms with Crippen molar-refractivity contribution in [2.45, 2.75) is 57.6 Å². The normalized spacial score (nSPS) is 16.4. The average molecular weight is 561 g/mol. The van der Waals surface area contributed by atoms with Crippen molar-refractivity contribution in [1.29, 1.82) is 10.5 Å². The number of nitrogens with zero attached hydrogens (tertiary/aromatic N) is 3. The molecule has 10 heteroatoms. The molecule has 9 nitrogen and oxygen atoms in total. The molecule has 2 heterocycles. The molecule has 0 amide bonds. The molecule has 0 saturated carbocycles. The number of nitrogens with two attached hydrogens (primary N) is 1. The molecule has 0 unspecified atom stereocenters. The van der Waals surface area contributed by atoms with Crippen molar-refractivity contribution in [2.75, 3.05) is 20.8 Å². The number of carbonyl (C=O) groups excluding carboxylic acids is 1. The van der Waals surface area contributed by atoms with Crippen LogP contribution < -0.4 is 15.2 Å². The van der Waals surface area contributed by atoms with E-state index in [1.165, 1.54) is 31.5 Å². The van der Waals surface area contributed by atoms with Gasteiger partial charge in [0.25, 0.3) is 0 Å². The maximum Gasteiger partial charge on any atom is 0.339 e. The van der Waals surface area contributed by atoms with Gasteiger partial charge in [-0.3, -0.25) is 4.98 Å². The Morgan fingerprint density at radius 2 is 1.82 bits per heavy atom. The van der Waals surface area contributed by atoms with E-state index in [1.54, 1.807) is 25.1 Å². The van der Waals surface area contributed by atoms with Crippen LogP contribution in [-0.2, 0) is 39.3 Å². The standard InChI is InChI=1S/C30H32N4O5S/c1-5-22-19-10-8-7-9-18(19)20(14-31)23(34-22)16-40-30-27(29(35)38-6-2)26(21(15-32)28(33)39-30)17-11-12-24(36-3)25(13-17)37-4/h11-13,26H,5-10,16,33H2,1-4H3/t26-/m1/s1. The fraction of sp³-hybridized carbons (Fsp3) is 0.400. The summed E-state index contributed by atoms with van der Waals surface area (Å²) in [5.74, 6) is -0.389. The van der Waals surface area contributed by atoms with E-state index in [9.17, 15) is 15.3 Å². The highest BCUT2D eigenvalue weighted by molar-refractivity contribution is 8.02. The van der Waals surface area contributed by atoms with Gasteiger partial charge in [-0.25, -0.2) is 4.79 Å². The highest BCUT2D eigenvalue weighted by Gasteiger charge is 2.38. The molecule has 0 spiro atoms. The zero-order valence-electron chi connectivity index (χ0n) is 23.1. The third-order valence-electron chi connectivity index (χ3n) is 7.09. The second-order valence-electron chi connectivity index (χ2n) is 9.26. The van der Waals surface area contributed by atoms with Gasteiger partial charge in [0.05, 0.1) is 43.6 Å². The van der Waals surface area contributed by atoms with E-state index in [1.807, 2.05) is 0 Å². The first-order valence-corrected chi connectivity index (χ1v) is 14.2. The van der Waals surface area contributed by atoms with Crippen molar-refractivity contribution >= 4 is 17.7 Å². The Morgan fingerprint density at radius 1 is 1.10 bits per heavy atom. The second-order valence-corrected chi connectivity index (χ2v) is 10.2. The highest BCUT2D eigenvalue weighted by Crippen LogP contribution is 2.45. The molecule has 208 valence electrons. The molecule has 40 heavy (non-hydrogen) atoms. The van der Waals surface area contributed by atoms with E-state index < -0.39 is 11.9 Å². The molecule has 1 atom stereocenters. The number of methoxy groups -OCH3 is 2. The first-order valence-electron chi connectivity index (χ1n) is 13.2. The number of thioether (sulfide) groups is 1. The van der Waals surface area contributed by atoms with E-state index in [0.29, 0.717) is 28.3 Å². The summed E-state index contributed by atoms with van der Waals surface area (Å²) >= 11 is 1.21. The molecule has 0 bridgehead atoms. The predicted molar refractivity (Wildman–Crippen MR) is 150 cm³/mol. The minimum atomic E-state index is -0.863. The van der Waals surface area contributed by atoms with Gasteiger partial charge >= 0.3 is 5.97 Å². The smallest absolute Gasteiger partial charge is 0.339 e. The summed E-state index contributed by atoms with van der Waals surface area (Å²) in [4.78, 5) is 18.3. The number of aryl methyl sites for hydroxylation is 1. The lowest BCUT2D eigenvalue weighted by Gasteiger charge is -2.28. The summed E-state index contributed by atoms with van der Waals surface area (Å²) in [6.45, 7) is 3.90. The van der Waals surface area contributed by atoms with Crippen LogP contribution in [0, 0.1) is 22.7 Å². The Hall–Kier alpha value is -4.15. The second kappa shape index (κ2) is 12.8. The van der Waals surface area contributed by atoms with Gasteiger partial charge in [0.15, 0.2) is 16.6 Å². The van der Waals surface area contributed by atoms with E-state index in [2.05, 4.69) is 19.1 Å². The van der Waals surface area contributed by atoms with Crippen LogP contribution in [0.5, 0.6) is 11.5 Å². The van der Waals surface area contributed by atoms with Crippen LogP contribution in [-0.4, -0.2) is 31.8 Å². The van der Waals surface area contributed by atoms with Crippen molar-refractivity contribution in [1.82, 2.24) is 4.98 Å². The fourth-order valence-corrected chi connectivity index (χ4v) is 6.22. The number of ether oxygens (including phenoxy) is 4. The van der Waals surface area contributed by atoms with Gasteiger partial charge in [-0.2, -0.15) is 10.5 Å². The number of hydrogen-bond acceptors (Lipinski definition) is 10. The van der Waals surface area contributed by atoms with Crippen molar-refractivity contribution in [3.8, 4) is 23.6 Å². The summed E-state index contributed by atoms with van der Waals surface area (Å²) in [5, 5.41) is 20.3. The Morgan fingerprint density at radius 3 is 2.45 bits per heavy atom. The third kappa shape index (κ3) is 5.45. The third-order valence-corrected chi connectivity index (χ3v) is 8.07. The average Bonchev–Trinajstić information content (AvgIpc) is 2.98. The van der Waals surface area contributed by atoms with Gasteiger partial charge in [0, 0.05) is 11.4 Å². The Labute approximate surface area is 238 Å². The number of fused-ring (bicyclic) bond motifs is 1. The molecule has 0 fully saturated rings. The predicted octanol–water partition coefficient (Wildman–Crippen LogP) is 4.93. The number of esters is 1. The molecular weight excluding hydrogens is 528 g/mol. The summed E-state index contributed by atoms with van der Waals surface area (Å²) in [6.07, 6.45) is 4.67. The summed E-state index contributed by atoms with van der Waals surface area (Å²) < 4.78 is 22.1. The van der Waals surface area contributed by atoms with E-state index in [0.717, 1.165) is 43.4 Å². The zero-order valence-corrected chi connectivity index (χ0v) is 23.9. The van der Waals surface area contributed by atoms with Crippen LogP contribution >= 0.6 is 11.8 Å². The Kier molecular flexibility index (Phi) is 9.23. The van der Waals surface area contributed by atoms with Crippen LogP contribution in [0.25, 0.3) is 0 Å². The van der Waals surface area contributed by atoms with Crippen LogP contribution in [0.15, 0.2) is 40.3 Å². The van der Waals surface area contributed by atoms with Gasteiger partial charge in [0.1, 0.15) is 17.7 Å². The molecular formula is C30H32N4O5S. The number of pyridine rings is 1. The van der Waals surface area contributed by atoms with Gasteiger partial charge in [0.2, 0.25) is 5.88 Å². The molecule has 0 radical (unpaired) electrons. The molecule has 2 N–H and O–H groups in total. The van der Waals surface area contributed by atoms with Crippen LogP contribution in [0.3, 0.4) is 0 Å². The van der Waals surface area contributed by atoms with E-state index >= 15 is 0 Å². The number of rotatable bonds is 9. The molecule has 0 saturated heterocycles. The lowest BCUT2D eigenvalue weighted by atomic mass is 9.84. The SMILES string of the molecule is CCOC(=O)C1=C(SCc2nc(CC)c3c(c2C#N)CCCC3)OC(N)=C(C#N)[C@H]1c1ccc(OC)c(OC)c1. The number of benzene rings is 1. The first kappa shape index (κ1) is 28.8. The number of carbonyl (C=O) groups is 1. The van der Waals surface area contributed by atoms with Crippen LogP contribution in [0.4, 0.5) is 0 Å². The zero-order chi connectivity index (χ0) is 28.8. The van der Waals surface area contributed by atoms with Crippen molar-refractivity contribution in [2.24, 2.45) is 5.73 Å². The Balaban J connectivity index is 1.82. The lowest BCUT2D eigenvalue weighted by Crippen LogP contribution is -2.25. The van der Waals surface area contributed by atoms with Gasteiger partial charge < -0.3 is 24.7 Å². The largest absolute Gasteiger partial charge is 0.493 e. The summed E-state index contributed by atoms with van der Waals surface area (Å²) in [7, 11) is 3.03. The summed E-state index contributed by atoms with van der Waals surface area (Å²) in [5.41, 5.74) is 11.6. The number of hydrogen-bond donors (Lipinski definition) is 1. The number of nitriles is 2. The maximum absolute atomic E-state index is 13.4. The first-order chi connectivity index (χ1) is 19.4. The highest BCUT2D eigenvalue weighted by atomic mass is 32.2. The van der Waals surface area contributed by atoms with E-state index in [4.69, 9.17) is 29.7 Å². The molecule has 2 aromatic rings. The molecule has 1 aliphatic carbocycles. The molecule has 1 aromatic carbocycles. The maximum atomic E-state index is 13.4. The molecule has 2 aliphatic rings. The number of aromatic nitrogens is 1. The van der Waals surface area contributed by atoms with Crippen molar-refractivity contribution in [3.63, 3.8) is 0 Å². The van der Waals surface area contributed by atoms with Gasteiger partial charge in [-0.15, -0.1) is 0 Å². The Bertz CT molecular complexity index is 1470. The monoisotopic (exact) mass is 560 g/mol. The summed E-state index contributed by atoms with van der Waals surface area (Å²) in [6, 6.07) is 9.63. The topological polar surface area (TPSA) is 140 Å². The van der Waals surface area contributed by atoms with Crippen molar-refractivity contribution < 1.29 is 23.7 Å². The van der Waals surface area contributed by atoms with Gasteiger partial charge in [-0.05, 0) is 67.9 Å². The van der Waals surface area contributed by atoms with E-state index in [-0.39, 0.29) is 34.5 Å². The quantitative estimate of drug-likeness (QED) is 0.420. The number of allylic oxidation sites excluding steroid dienone is 1. The van der Waals surface area contributed by atoms with Crippen LogP contribution in [0.2, 0.25) is 0 Å². The lowest BCUT2D eigenvalue weighted by molar-refractivity contribution is -0.139. The fourth-order valence-electron chi connectivity index (χ4n) is 5.24. The molecule has 1 aliphatic heterocycles.